The molecule has 1 aliphatic heterocycles. The molecule has 2 atom stereocenters. The molecule has 1 saturated heterocycles. The van der Waals surface area contributed by atoms with E-state index in [1.54, 1.807) is 6.07 Å². The fraction of sp³-hybridized carbons (Fsp3) is 0.375. The second-order valence-electron chi connectivity index (χ2n) is 5.80. The molecule has 0 spiro atoms. The van der Waals surface area contributed by atoms with Crippen molar-refractivity contribution in [2.24, 2.45) is 5.92 Å². The maximum Gasteiger partial charge on any atom is 0.254 e. The summed E-state index contributed by atoms with van der Waals surface area (Å²) >= 11 is 6.07. The molecule has 0 N–H and O–H groups in total. The van der Waals surface area contributed by atoms with Gasteiger partial charge in [-0.1, -0.05) is 29.8 Å². The third kappa shape index (κ3) is 1.80. The number of halogens is 1. The summed E-state index contributed by atoms with van der Waals surface area (Å²) in [5, 5.41) is 1.28. The summed E-state index contributed by atoms with van der Waals surface area (Å²) in [6, 6.07) is 9.83. The van der Waals surface area contributed by atoms with Crippen molar-refractivity contribution in [3.8, 4) is 0 Å². The molecule has 1 aromatic carbocycles. The molecular weight excluding hydrogens is 272 g/mol. The molecule has 1 saturated carbocycles. The third-order valence-corrected chi connectivity index (χ3v) is 4.78. The van der Waals surface area contributed by atoms with Crippen molar-refractivity contribution in [1.82, 2.24) is 9.88 Å². The van der Waals surface area contributed by atoms with E-state index in [-0.39, 0.29) is 5.91 Å². The Morgan fingerprint density at radius 1 is 1.30 bits per heavy atom. The molecule has 4 rings (SSSR count). The van der Waals surface area contributed by atoms with E-state index in [9.17, 15) is 4.79 Å². The highest BCUT2D eigenvalue weighted by molar-refractivity contribution is 6.30. The van der Waals surface area contributed by atoms with E-state index in [0.29, 0.717) is 22.7 Å². The van der Waals surface area contributed by atoms with Gasteiger partial charge in [-0.15, -0.1) is 0 Å². The van der Waals surface area contributed by atoms with Gasteiger partial charge in [0.2, 0.25) is 0 Å². The average molecular weight is 287 g/mol. The van der Waals surface area contributed by atoms with E-state index >= 15 is 0 Å². The highest BCUT2D eigenvalue weighted by Crippen LogP contribution is 2.38. The lowest BCUT2D eigenvalue weighted by atomic mass is 10.1. The summed E-state index contributed by atoms with van der Waals surface area (Å²) in [6.07, 6.45) is 3.59. The van der Waals surface area contributed by atoms with E-state index in [0.717, 1.165) is 23.9 Å². The number of carbonyl (C=O) groups is 1. The van der Waals surface area contributed by atoms with E-state index < -0.39 is 0 Å². The molecule has 0 radical (unpaired) electrons. The van der Waals surface area contributed by atoms with Crippen molar-refractivity contribution in [3.63, 3.8) is 0 Å². The lowest BCUT2D eigenvalue weighted by Gasteiger charge is -2.27. The molecular formula is C16H15ClN2O. The number of rotatable bonds is 1. The number of hydrogen-bond acceptors (Lipinski definition) is 2. The van der Waals surface area contributed by atoms with Crippen molar-refractivity contribution >= 4 is 28.4 Å². The molecule has 1 aromatic heterocycles. The van der Waals surface area contributed by atoms with Crippen molar-refractivity contribution in [2.45, 2.75) is 25.3 Å². The monoisotopic (exact) mass is 286 g/mol. The number of pyridine rings is 1. The highest BCUT2D eigenvalue weighted by atomic mass is 35.5. The normalized spacial score (nSPS) is 24.6. The van der Waals surface area contributed by atoms with E-state index in [1.165, 1.54) is 12.8 Å². The van der Waals surface area contributed by atoms with Gasteiger partial charge in [0.05, 0.1) is 11.1 Å². The Morgan fingerprint density at radius 3 is 2.90 bits per heavy atom. The number of amides is 1. The number of piperidine rings is 1. The van der Waals surface area contributed by atoms with Crippen molar-refractivity contribution < 1.29 is 4.79 Å². The van der Waals surface area contributed by atoms with Gasteiger partial charge in [0, 0.05) is 18.0 Å². The largest absolute Gasteiger partial charge is 0.335 e. The zero-order valence-electron chi connectivity index (χ0n) is 11.1. The SMILES string of the molecule is O=C(c1cc(Cl)nc2ccccc12)N1CC2CCC1C2. The van der Waals surface area contributed by atoms with Gasteiger partial charge in [-0.05, 0) is 37.3 Å². The van der Waals surface area contributed by atoms with Crippen LogP contribution in [0.1, 0.15) is 29.6 Å². The third-order valence-electron chi connectivity index (χ3n) is 4.59. The Labute approximate surface area is 122 Å². The molecule has 2 bridgehead atoms. The average Bonchev–Trinajstić information content (AvgIpc) is 3.08. The van der Waals surface area contributed by atoms with Crippen LogP contribution in [-0.4, -0.2) is 28.4 Å². The van der Waals surface area contributed by atoms with Crippen LogP contribution < -0.4 is 0 Å². The predicted octanol–water partition coefficient (Wildman–Crippen LogP) is 3.51. The fourth-order valence-corrected chi connectivity index (χ4v) is 3.85. The first-order valence-corrected chi connectivity index (χ1v) is 7.46. The highest BCUT2D eigenvalue weighted by Gasteiger charge is 2.40. The van der Waals surface area contributed by atoms with Crippen LogP contribution in [0.15, 0.2) is 30.3 Å². The van der Waals surface area contributed by atoms with Gasteiger partial charge in [0.25, 0.3) is 5.91 Å². The summed E-state index contributed by atoms with van der Waals surface area (Å²) in [4.78, 5) is 19.2. The second-order valence-corrected chi connectivity index (χ2v) is 6.19. The molecule has 1 amide bonds. The Bertz CT molecular complexity index is 700. The van der Waals surface area contributed by atoms with Crippen molar-refractivity contribution in [3.05, 3.63) is 41.0 Å². The molecule has 1 aliphatic carbocycles. The second kappa shape index (κ2) is 4.45. The van der Waals surface area contributed by atoms with Gasteiger partial charge in [0.15, 0.2) is 0 Å². The van der Waals surface area contributed by atoms with Crippen LogP contribution in [0.4, 0.5) is 0 Å². The first-order valence-electron chi connectivity index (χ1n) is 7.08. The van der Waals surface area contributed by atoms with Gasteiger partial charge < -0.3 is 4.90 Å². The van der Waals surface area contributed by atoms with Gasteiger partial charge >= 0.3 is 0 Å². The van der Waals surface area contributed by atoms with E-state index in [4.69, 9.17) is 11.6 Å². The van der Waals surface area contributed by atoms with Crippen LogP contribution in [0.5, 0.6) is 0 Å². The standard InChI is InChI=1S/C16H15ClN2O/c17-15-8-13(12-3-1-2-4-14(12)18-15)16(20)19-9-10-5-6-11(19)7-10/h1-4,8,10-11H,5-7,9H2. The first-order chi connectivity index (χ1) is 9.72. The Balaban J connectivity index is 1.80. The molecule has 102 valence electrons. The Morgan fingerprint density at radius 2 is 2.15 bits per heavy atom. The summed E-state index contributed by atoms with van der Waals surface area (Å²) in [5.41, 5.74) is 1.47. The number of para-hydroxylation sites is 1. The molecule has 2 aliphatic rings. The Kier molecular flexibility index (Phi) is 2.71. The minimum Gasteiger partial charge on any atom is -0.335 e. The predicted molar refractivity (Wildman–Crippen MR) is 78.9 cm³/mol. The van der Waals surface area contributed by atoms with Crippen LogP contribution in [0.25, 0.3) is 10.9 Å². The van der Waals surface area contributed by atoms with Crippen LogP contribution in [-0.2, 0) is 0 Å². The van der Waals surface area contributed by atoms with Crippen molar-refractivity contribution in [2.75, 3.05) is 6.54 Å². The smallest absolute Gasteiger partial charge is 0.254 e. The Hall–Kier alpha value is -1.61. The van der Waals surface area contributed by atoms with Gasteiger partial charge in [-0.2, -0.15) is 0 Å². The van der Waals surface area contributed by atoms with Crippen LogP contribution in [0.3, 0.4) is 0 Å². The van der Waals surface area contributed by atoms with Gasteiger partial charge in [-0.3, -0.25) is 4.79 Å². The summed E-state index contributed by atoms with van der Waals surface area (Å²) in [6.45, 7) is 0.901. The summed E-state index contributed by atoms with van der Waals surface area (Å²) in [7, 11) is 0. The van der Waals surface area contributed by atoms with Crippen LogP contribution in [0.2, 0.25) is 5.15 Å². The molecule has 3 nitrogen and oxygen atoms in total. The van der Waals surface area contributed by atoms with Gasteiger partial charge in [-0.25, -0.2) is 4.98 Å². The minimum absolute atomic E-state index is 0.109. The van der Waals surface area contributed by atoms with Gasteiger partial charge in [0.1, 0.15) is 5.15 Å². The molecule has 2 heterocycles. The summed E-state index contributed by atoms with van der Waals surface area (Å²) < 4.78 is 0. The quantitative estimate of drug-likeness (QED) is 0.752. The van der Waals surface area contributed by atoms with E-state index in [1.807, 2.05) is 29.2 Å². The molecule has 4 heteroatoms. The maximum absolute atomic E-state index is 12.8. The van der Waals surface area contributed by atoms with Crippen molar-refractivity contribution in [1.29, 1.82) is 0 Å². The molecule has 2 fully saturated rings. The van der Waals surface area contributed by atoms with E-state index in [2.05, 4.69) is 4.98 Å². The van der Waals surface area contributed by atoms with Crippen LogP contribution in [0, 0.1) is 5.92 Å². The topological polar surface area (TPSA) is 33.2 Å². The lowest BCUT2D eigenvalue weighted by molar-refractivity contribution is 0.0705. The number of benzene rings is 1. The molecule has 2 unspecified atom stereocenters. The zero-order valence-corrected chi connectivity index (χ0v) is 11.8. The minimum atomic E-state index is 0.109. The molecule has 20 heavy (non-hydrogen) atoms. The van der Waals surface area contributed by atoms with Crippen LogP contribution >= 0.6 is 11.6 Å². The first kappa shape index (κ1) is 12.2. The maximum atomic E-state index is 12.8. The summed E-state index contributed by atoms with van der Waals surface area (Å²) in [5.74, 6) is 0.810. The number of fused-ring (bicyclic) bond motifs is 3. The number of nitrogens with zero attached hydrogens (tertiary/aromatic N) is 2. The zero-order chi connectivity index (χ0) is 13.7. The molecule has 2 aromatic rings. The number of aromatic nitrogens is 1. The number of carbonyl (C=O) groups excluding carboxylic acids is 1. The lowest BCUT2D eigenvalue weighted by Crippen LogP contribution is -2.37. The number of likely N-dealkylation sites (tertiary alicyclic amines) is 1. The fourth-order valence-electron chi connectivity index (χ4n) is 3.65. The number of hydrogen-bond donors (Lipinski definition) is 0.